The summed E-state index contributed by atoms with van der Waals surface area (Å²) in [6, 6.07) is 0. The number of fused-ring (bicyclic) bond motifs is 1. The predicted octanol–water partition coefficient (Wildman–Crippen LogP) is 2.09. The van der Waals surface area contributed by atoms with Crippen LogP contribution >= 0.6 is 11.3 Å². The van der Waals surface area contributed by atoms with E-state index in [1.165, 1.54) is 42.7 Å². The molecule has 1 aromatic rings. The van der Waals surface area contributed by atoms with Crippen molar-refractivity contribution in [2.75, 3.05) is 5.43 Å². The second-order valence-corrected chi connectivity index (χ2v) is 4.53. The first-order chi connectivity index (χ1) is 6.40. The lowest BCUT2D eigenvalue weighted by molar-refractivity contribution is 0.616. The zero-order chi connectivity index (χ0) is 9.10. The Hall–Kier alpha value is -0.610. The van der Waals surface area contributed by atoms with Gasteiger partial charge in [-0.05, 0) is 25.7 Å². The third kappa shape index (κ3) is 2.00. The van der Waals surface area contributed by atoms with Crippen LogP contribution in [0.3, 0.4) is 0 Å². The van der Waals surface area contributed by atoms with Gasteiger partial charge in [-0.2, -0.15) is 0 Å². The van der Waals surface area contributed by atoms with Crippen molar-refractivity contribution < 1.29 is 0 Å². The van der Waals surface area contributed by atoms with Gasteiger partial charge in [-0.1, -0.05) is 12.8 Å². The van der Waals surface area contributed by atoms with Crippen LogP contribution in [-0.4, -0.2) is 4.98 Å². The van der Waals surface area contributed by atoms with E-state index in [1.54, 1.807) is 11.3 Å². The first-order valence-electron chi connectivity index (χ1n) is 4.85. The summed E-state index contributed by atoms with van der Waals surface area (Å²) in [4.78, 5) is 5.89. The fourth-order valence-electron chi connectivity index (χ4n) is 1.77. The van der Waals surface area contributed by atoms with Gasteiger partial charge in [-0.15, -0.1) is 11.3 Å². The zero-order valence-corrected chi connectivity index (χ0v) is 8.49. The van der Waals surface area contributed by atoms with Gasteiger partial charge >= 0.3 is 0 Å². The average molecular weight is 197 g/mol. The maximum Gasteiger partial charge on any atom is 0.197 e. The van der Waals surface area contributed by atoms with E-state index in [0.717, 1.165) is 11.6 Å². The van der Waals surface area contributed by atoms with Crippen LogP contribution in [0, 0.1) is 0 Å². The standard InChI is InChI=1S/C9H15N3S/c10-12-9-11-7-5-3-1-2-4-6-8(7)13-9/h1-6,10H2,(H,11,12). The van der Waals surface area contributed by atoms with E-state index in [-0.39, 0.29) is 0 Å². The summed E-state index contributed by atoms with van der Waals surface area (Å²) >= 11 is 1.71. The normalized spacial score (nSPS) is 17.3. The third-order valence-electron chi connectivity index (χ3n) is 2.47. The first-order valence-corrected chi connectivity index (χ1v) is 5.67. The van der Waals surface area contributed by atoms with Crippen LogP contribution in [0.2, 0.25) is 0 Å². The van der Waals surface area contributed by atoms with Crippen LogP contribution in [0.4, 0.5) is 5.13 Å². The molecule has 1 aliphatic rings. The van der Waals surface area contributed by atoms with Crippen molar-refractivity contribution in [2.24, 2.45) is 5.84 Å². The van der Waals surface area contributed by atoms with Crippen molar-refractivity contribution in [1.29, 1.82) is 0 Å². The van der Waals surface area contributed by atoms with Crippen molar-refractivity contribution in [3.05, 3.63) is 10.6 Å². The lowest BCUT2D eigenvalue weighted by atomic mass is 10.0. The van der Waals surface area contributed by atoms with Gasteiger partial charge in [0.25, 0.3) is 0 Å². The number of rotatable bonds is 1. The molecule has 0 atom stereocenters. The number of nitrogens with zero attached hydrogens (tertiary/aromatic N) is 1. The first kappa shape index (κ1) is 8.97. The van der Waals surface area contributed by atoms with E-state index < -0.39 is 0 Å². The zero-order valence-electron chi connectivity index (χ0n) is 7.68. The number of anilines is 1. The van der Waals surface area contributed by atoms with Gasteiger partial charge in [0.2, 0.25) is 0 Å². The topological polar surface area (TPSA) is 50.9 Å². The highest BCUT2D eigenvalue weighted by Gasteiger charge is 2.12. The van der Waals surface area contributed by atoms with Crippen LogP contribution in [0.15, 0.2) is 0 Å². The van der Waals surface area contributed by atoms with Gasteiger partial charge in [-0.3, -0.25) is 5.43 Å². The van der Waals surface area contributed by atoms with Gasteiger partial charge in [-0.25, -0.2) is 10.8 Å². The third-order valence-corrected chi connectivity index (χ3v) is 3.56. The van der Waals surface area contributed by atoms with E-state index in [0.29, 0.717) is 0 Å². The van der Waals surface area contributed by atoms with Crippen LogP contribution in [0.5, 0.6) is 0 Å². The molecule has 0 unspecified atom stereocenters. The number of thiazole rings is 1. The van der Waals surface area contributed by atoms with Gasteiger partial charge in [0.15, 0.2) is 5.13 Å². The summed E-state index contributed by atoms with van der Waals surface area (Å²) in [6.07, 6.45) is 7.62. The van der Waals surface area contributed by atoms with Crippen LogP contribution in [0.1, 0.15) is 36.3 Å². The highest BCUT2D eigenvalue weighted by atomic mass is 32.1. The molecule has 1 aromatic heterocycles. The molecule has 0 saturated heterocycles. The van der Waals surface area contributed by atoms with Gasteiger partial charge in [0.05, 0.1) is 5.69 Å². The summed E-state index contributed by atoms with van der Waals surface area (Å²) in [6.45, 7) is 0. The van der Waals surface area contributed by atoms with Crippen LogP contribution in [0.25, 0.3) is 0 Å². The summed E-state index contributed by atoms with van der Waals surface area (Å²) in [5.41, 5.74) is 3.91. The van der Waals surface area contributed by atoms with Crippen LogP contribution in [-0.2, 0) is 12.8 Å². The van der Waals surface area contributed by atoms with E-state index in [1.807, 2.05) is 0 Å². The minimum Gasteiger partial charge on any atom is -0.300 e. The Bertz CT molecular complexity index is 257. The largest absolute Gasteiger partial charge is 0.300 e. The van der Waals surface area contributed by atoms with E-state index >= 15 is 0 Å². The molecule has 0 saturated carbocycles. The molecule has 0 amide bonds. The summed E-state index contributed by atoms with van der Waals surface area (Å²) in [7, 11) is 0. The molecule has 0 bridgehead atoms. The number of hydrogen-bond donors (Lipinski definition) is 2. The monoisotopic (exact) mass is 197 g/mol. The number of aromatic nitrogens is 1. The number of hydrogen-bond acceptors (Lipinski definition) is 4. The Morgan fingerprint density at radius 2 is 1.92 bits per heavy atom. The molecule has 3 N–H and O–H groups in total. The number of hydrazine groups is 1. The minimum absolute atomic E-state index is 0.868. The highest BCUT2D eigenvalue weighted by Crippen LogP contribution is 2.27. The lowest BCUT2D eigenvalue weighted by Gasteiger charge is -2.06. The summed E-state index contributed by atoms with van der Waals surface area (Å²) < 4.78 is 0. The van der Waals surface area contributed by atoms with Crippen LogP contribution < -0.4 is 11.3 Å². The van der Waals surface area contributed by atoms with E-state index in [4.69, 9.17) is 5.84 Å². The Morgan fingerprint density at radius 3 is 2.69 bits per heavy atom. The molecule has 13 heavy (non-hydrogen) atoms. The molecule has 0 aromatic carbocycles. The Labute approximate surface area is 82.3 Å². The number of nitrogens with two attached hydrogens (primary N) is 1. The summed E-state index contributed by atoms with van der Waals surface area (Å²) in [5.74, 6) is 5.34. The van der Waals surface area contributed by atoms with Gasteiger partial charge in [0, 0.05) is 4.88 Å². The molecule has 4 heteroatoms. The predicted molar refractivity (Wildman–Crippen MR) is 55.8 cm³/mol. The molecule has 0 aliphatic heterocycles. The Kier molecular flexibility index (Phi) is 2.80. The highest BCUT2D eigenvalue weighted by molar-refractivity contribution is 7.15. The Morgan fingerprint density at radius 1 is 1.15 bits per heavy atom. The second-order valence-electron chi connectivity index (χ2n) is 3.45. The quantitative estimate of drug-likeness (QED) is 0.535. The molecule has 0 spiro atoms. The maximum absolute atomic E-state index is 5.34. The van der Waals surface area contributed by atoms with Crippen molar-refractivity contribution in [3.63, 3.8) is 0 Å². The molecule has 3 nitrogen and oxygen atoms in total. The van der Waals surface area contributed by atoms with Gasteiger partial charge < -0.3 is 0 Å². The average Bonchev–Trinajstić information content (AvgIpc) is 2.47. The lowest BCUT2D eigenvalue weighted by Crippen LogP contribution is -2.06. The number of aryl methyl sites for hydroxylation is 2. The molecular formula is C9H15N3S. The molecule has 0 fully saturated rings. The van der Waals surface area contributed by atoms with Crippen molar-refractivity contribution >= 4 is 16.5 Å². The molecule has 1 heterocycles. The van der Waals surface area contributed by atoms with Gasteiger partial charge in [0.1, 0.15) is 0 Å². The van der Waals surface area contributed by atoms with E-state index in [9.17, 15) is 0 Å². The fraction of sp³-hybridized carbons (Fsp3) is 0.667. The minimum atomic E-state index is 0.868. The van der Waals surface area contributed by atoms with Crippen molar-refractivity contribution in [2.45, 2.75) is 38.5 Å². The smallest absolute Gasteiger partial charge is 0.197 e. The number of nitrogens with one attached hydrogen (secondary N) is 1. The molecular weight excluding hydrogens is 182 g/mol. The maximum atomic E-state index is 5.34. The SMILES string of the molecule is NNc1nc2c(s1)CCCCCC2. The van der Waals surface area contributed by atoms with Crippen molar-refractivity contribution in [3.8, 4) is 0 Å². The molecule has 1 aliphatic carbocycles. The molecule has 0 radical (unpaired) electrons. The van der Waals surface area contributed by atoms with E-state index in [2.05, 4.69) is 10.4 Å². The van der Waals surface area contributed by atoms with Crippen molar-refractivity contribution in [1.82, 2.24) is 4.98 Å². The number of nitrogen functional groups attached to an aromatic ring is 1. The second kappa shape index (κ2) is 4.07. The summed E-state index contributed by atoms with van der Waals surface area (Å²) in [5, 5.41) is 0.868. The Balaban J connectivity index is 2.21. The molecule has 2 rings (SSSR count). The fourth-order valence-corrected chi connectivity index (χ4v) is 2.73. The molecule has 72 valence electrons.